The van der Waals surface area contributed by atoms with E-state index in [2.05, 4.69) is 10.3 Å². The number of hydrogen-bond acceptors (Lipinski definition) is 5. The molecule has 1 amide bonds. The molecule has 0 saturated heterocycles. The first-order chi connectivity index (χ1) is 13.0. The predicted octanol–water partition coefficient (Wildman–Crippen LogP) is 4.45. The van der Waals surface area contributed by atoms with Crippen LogP contribution in [0.3, 0.4) is 0 Å². The number of benzene rings is 2. The molecule has 7 heteroatoms. The zero-order chi connectivity index (χ0) is 19.0. The van der Waals surface area contributed by atoms with E-state index in [0.717, 1.165) is 47.0 Å². The van der Waals surface area contributed by atoms with Crippen LogP contribution in [-0.4, -0.2) is 22.6 Å². The number of fused-ring (bicyclic) bond motifs is 1. The Labute approximate surface area is 166 Å². The highest BCUT2D eigenvalue weighted by Gasteiger charge is 2.22. The Kier molecular flexibility index (Phi) is 4.86. The SMILES string of the molecule is Cc1cc(C(=O)NO)cc2c1CN(c1nc(-c3cccc(Cl)c3)cs1)CC2. The van der Waals surface area contributed by atoms with Crippen molar-refractivity contribution in [3.63, 3.8) is 0 Å². The molecule has 138 valence electrons. The first-order valence-electron chi connectivity index (χ1n) is 8.58. The third kappa shape index (κ3) is 3.56. The number of nitrogens with one attached hydrogen (secondary N) is 1. The highest BCUT2D eigenvalue weighted by atomic mass is 35.5. The average Bonchev–Trinajstić information content (AvgIpc) is 3.17. The second kappa shape index (κ2) is 7.31. The Balaban J connectivity index is 1.59. The topological polar surface area (TPSA) is 65.5 Å². The fourth-order valence-corrected chi connectivity index (χ4v) is 4.47. The molecule has 3 aromatic rings. The summed E-state index contributed by atoms with van der Waals surface area (Å²) in [5.41, 5.74) is 7.54. The standard InChI is InChI=1S/C20H18ClN3O2S/c1-12-7-15(19(25)23-26)8-13-5-6-24(10-17(12)13)20-22-18(11-27-20)14-3-2-4-16(21)9-14/h2-4,7-9,11,26H,5-6,10H2,1H3,(H,23,25). The van der Waals surface area contributed by atoms with Gasteiger partial charge in [-0.2, -0.15) is 0 Å². The number of hydrogen-bond donors (Lipinski definition) is 2. The summed E-state index contributed by atoms with van der Waals surface area (Å²) in [6, 6.07) is 11.4. The molecule has 5 nitrogen and oxygen atoms in total. The zero-order valence-corrected chi connectivity index (χ0v) is 16.3. The van der Waals surface area contributed by atoms with E-state index in [4.69, 9.17) is 21.8 Å². The van der Waals surface area contributed by atoms with Crippen molar-refractivity contribution in [2.24, 2.45) is 0 Å². The van der Waals surface area contributed by atoms with E-state index in [0.29, 0.717) is 10.6 Å². The maximum Gasteiger partial charge on any atom is 0.274 e. The van der Waals surface area contributed by atoms with Gasteiger partial charge in [0.1, 0.15) is 0 Å². The number of nitrogens with zero attached hydrogens (tertiary/aromatic N) is 2. The number of rotatable bonds is 3. The lowest BCUT2D eigenvalue weighted by molar-refractivity contribution is 0.0706. The molecule has 0 saturated carbocycles. The number of thiazole rings is 1. The largest absolute Gasteiger partial charge is 0.343 e. The summed E-state index contributed by atoms with van der Waals surface area (Å²) < 4.78 is 0. The van der Waals surface area contributed by atoms with Crippen LogP contribution in [0.5, 0.6) is 0 Å². The number of aryl methyl sites for hydroxylation is 1. The van der Waals surface area contributed by atoms with E-state index in [1.54, 1.807) is 16.8 Å². The second-order valence-electron chi connectivity index (χ2n) is 6.57. The van der Waals surface area contributed by atoms with Gasteiger partial charge in [-0.05, 0) is 54.3 Å². The van der Waals surface area contributed by atoms with Crippen molar-refractivity contribution in [2.45, 2.75) is 19.9 Å². The van der Waals surface area contributed by atoms with E-state index in [1.807, 2.05) is 43.3 Å². The Bertz CT molecular complexity index is 1020. The number of carbonyl (C=O) groups is 1. The van der Waals surface area contributed by atoms with Crippen LogP contribution in [0.2, 0.25) is 5.02 Å². The predicted molar refractivity (Wildman–Crippen MR) is 108 cm³/mol. The smallest absolute Gasteiger partial charge is 0.274 e. The van der Waals surface area contributed by atoms with Crippen LogP contribution in [-0.2, 0) is 13.0 Å². The van der Waals surface area contributed by atoms with Gasteiger partial charge < -0.3 is 4.90 Å². The summed E-state index contributed by atoms with van der Waals surface area (Å²) >= 11 is 7.71. The number of halogens is 1. The molecule has 1 aliphatic rings. The van der Waals surface area contributed by atoms with Crippen LogP contribution < -0.4 is 10.4 Å². The molecule has 0 atom stereocenters. The maximum atomic E-state index is 11.7. The lowest BCUT2D eigenvalue weighted by Gasteiger charge is -2.30. The molecule has 1 aromatic heterocycles. The van der Waals surface area contributed by atoms with E-state index < -0.39 is 5.91 Å². The van der Waals surface area contributed by atoms with Crippen LogP contribution in [0, 0.1) is 6.92 Å². The lowest BCUT2D eigenvalue weighted by atomic mass is 9.93. The van der Waals surface area contributed by atoms with Crippen molar-refractivity contribution in [3.05, 3.63) is 69.1 Å². The molecule has 2 heterocycles. The van der Waals surface area contributed by atoms with Gasteiger partial charge in [0.15, 0.2) is 5.13 Å². The lowest BCUT2D eigenvalue weighted by Crippen LogP contribution is -2.31. The Morgan fingerprint density at radius 3 is 2.96 bits per heavy atom. The van der Waals surface area contributed by atoms with Gasteiger partial charge in [0.05, 0.1) is 5.69 Å². The highest BCUT2D eigenvalue weighted by Crippen LogP contribution is 2.33. The van der Waals surface area contributed by atoms with Crippen molar-refractivity contribution < 1.29 is 10.0 Å². The third-order valence-electron chi connectivity index (χ3n) is 4.81. The van der Waals surface area contributed by atoms with E-state index in [1.165, 1.54) is 5.56 Å². The first-order valence-corrected chi connectivity index (χ1v) is 9.84. The van der Waals surface area contributed by atoms with Gasteiger partial charge >= 0.3 is 0 Å². The van der Waals surface area contributed by atoms with Crippen LogP contribution in [0.1, 0.15) is 27.0 Å². The van der Waals surface area contributed by atoms with E-state index in [-0.39, 0.29) is 0 Å². The monoisotopic (exact) mass is 399 g/mol. The van der Waals surface area contributed by atoms with Crippen LogP contribution in [0.15, 0.2) is 41.8 Å². The van der Waals surface area contributed by atoms with Crippen molar-refractivity contribution >= 4 is 34.0 Å². The van der Waals surface area contributed by atoms with Gasteiger partial charge in [-0.1, -0.05) is 23.7 Å². The fraction of sp³-hybridized carbons (Fsp3) is 0.200. The Hall–Kier alpha value is -2.41. The van der Waals surface area contributed by atoms with Gasteiger partial charge in [0, 0.05) is 34.6 Å². The highest BCUT2D eigenvalue weighted by molar-refractivity contribution is 7.14. The van der Waals surface area contributed by atoms with E-state index in [9.17, 15) is 4.79 Å². The van der Waals surface area contributed by atoms with E-state index >= 15 is 0 Å². The molecule has 4 rings (SSSR count). The molecule has 0 bridgehead atoms. The second-order valence-corrected chi connectivity index (χ2v) is 7.84. The molecule has 0 aliphatic carbocycles. The van der Waals surface area contributed by atoms with Crippen LogP contribution in [0.25, 0.3) is 11.3 Å². The van der Waals surface area contributed by atoms with Crippen molar-refractivity contribution in [1.82, 2.24) is 10.5 Å². The quantitative estimate of drug-likeness (QED) is 0.504. The molecule has 27 heavy (non-hydrogen) atoms. The molecule has 0 fully saturated rings. The van der Waals surface area contributed by atoms with Crippen molar-refractivity contribution in [3.8, 4) is 11.3 Å². The minimum Gasteiger partial charge on any atom is -0.343 e. The summed E-state index contributed by atoms with van der Waals surface area (Å²) in [4.78, 5) is 18.8. The van der Waals surface area contributed by atoms with Gasteiger partial charge in [0.25, 0.3) is 5.91 Å². The van der Waals surface area contributed by atoms with Crippen LogP contribution >= 0.6 is 22.9 Å². The summed E-state index contributed by atoms with van der Waals surface area (Å²) in [5, 5.41) is 12.6. The molecule has 0 spiro atoms. The fourth-order valence-electron chi connectivity index (χ4n) is 3.41. The third-order valence-corrected chi connectivity index (χ3v) is 5.95. The molecule has 1 aliphatic heterocycles. The number of hydroxylamine groups is 1. The molecule has 2 N–H and O–H groups in total. The van der Waals surface area contributed by atoms with Gasteiger partial charge in [0.2, 0.25) is 0 Å². The Morgan fingerprint density at radius 2 is 2.19 bits per heavy atom. The summed E-state index contributed by atoms with van der Waals surface area (Å²) in [7, 11) is 0. The number of carbonyl (C=O) groups excluding carboxylic acids is 1. The summed E-state index contributed by atoms with van der Waals surface area (Å²) in [6.45, 7) is 3.58. The van der Waals surface area contributed by atoms with Gasteiger partial charge in [-0.25, -0.2) is 10.5 Å². The average molecular weight is 400 g/mol. The molecule has 0 radical (unpaired) electrons. The minimum absolute atomic E-state index is 0.477. The summed E-state index contributed by atoms with van der Waals surface area (Å²) in [6.07, 6.45) is 0.828. The molecule has 0 unspecified atom stereocenters. The van der Waals surface area contributed by atoms with Crippen molar-refractivity contribution in [1.29, 1.82) is 0 Å². The normalized spacial score (nSPS) is 13.4. The Morgan fingerprint density at radius 1 is 1.33 bits per heavy atom. The molecular formula is C20H18ClN3O2S. The molecular weight excluding hydrogens is 382 g/mol. The number of aromatic nitrogens is 1. The summed E-state index contributed by atoms with van der Waals surface area (Å²) in [5.74, 6) is -0.477. The van der Waals surface area contributed by atoms with Crippen LogP contribution in [0.4, 0.5) is 5.13 Å². The van der Waals surface area contributed by atoms with Gasteiger partial charge in [-0.15, -0.1) is 11.3 Å². The minimum atomic E-state index is -0.477. The zero-order valence-electron chi connectivity index (χ0n) is 14.7. The number of amides is 1. The number of anilines is 1. The first kappa shape index (κ1) is 18.0. The molecule has 2 aromatic carbocycles. The maximum absolute atomic E-state index is 11.7. The van der Waals surface area contributed by atoms with Gasteiger partial charge in [-0.3, -0.25) is 10.0 Å². The van der Waals surface area contributed by atoms with Crippen molar-refractivity contribution in [2.75, 3.05) is 11.4 Å².